The summed E-state index contributed by atoms with van der Waals surface area (Å²) in [5.74, 6) is -2.29. The molecular formula is C2HCl3F2O2. The molecule has 0 aliphatic rings. The van der Waals surface area contributed by atoms with Crippen LogP contribution in [0, 0.1) is 0 Å². The molecule has 1 unspecified atom stereocenters. The molecule has 0 radical (unpaired) electrons. The SMILES string of the molecule is FC(Cl)OOC(F)(Cl)Cl. The van der Waals surface area contributed by atoms with Crippen molar-refractivity contribution in [2.45, 2.75) is 10.6 Å². The van der Waals surface area contributed by atoms with Gasteiger partial charge in [-0.25, -0.2) is 0 Å². The van der Waals surface area contributed by atoms with Crippen LogP contribution in [0.4, 0.5) is 8.78 Å². The molecule has 0 heterocycles. The Kier molecular flexibility index (Phi) is 4.00. The third kappa shape index (κ3) is 8.65. The van der Waals surface area contributed by atoms with Gasteiger partial charge in [0.1, 0.15) is 0 Å². The third-order valence-electron chi connectivity index (χ3n) is 0.215. The minimum atomic E-state index is -3.07. The van der Waals surface area contributed by atoms with Crippen LogP contribution in [0.2, 0.25) is 0 Å². The lowest BCUT2D eigenvalue weighted by Crippen LogP contribution is -2.12. The molecule has 1 atom stereocenters. The second-order valence-corrected chi connectivity index (χ2v) is 2.39. The summed E-state index contributed by atoms with van der Waals surface area (Å²) in [6, 6.07) is 0. The van der Waals surface area contributed by atoms with Crippen LogP contribution in [0.1, 0.15) is 0 Å². The van der Waals surface area contributed by atoms with Crippen molar-refractivity contribution < 1.29 is 18.6 Å². The number of hydrogen-bond acceptors (Lipinski definition) is 2. The van der Waals surface area contributed by atoms with Gasteiger partial charge in [-0.15, -0.1) is 0 Å². The van der Waals surface area contributed by atoms with Crippen molar-refractivity contribution in [1.82, 2.24) is 0 Å². The van der Waals surface area contributed by atoms with Crippen molar-refractivity contribution >= 4 is 34.8 Å². The Bertz CT molecular complexity index is 82.4. The van der Waals surface area contributed by atoms with E-state index in [1.807, 2.05) is 0 Å². The van der Waals surface area contributed by atoms with E-state index in [0.717, 1.165) is 0 Å². The predicted molar refractivity (Wildman–Crippen MR) is 28.5 cm³/mol. The molecule has 7 heteroatoms. The highest BCUT2D eigenvalue weighted by Crippen LogP contribution is 2.24. The average Bonchev–Trinajstić information content (AvgIpc) is 1.59. The van der Waals surface area contributed by atoms with E-state index in [0.29, 0.717) is 0 Å². The molecule has 0 amide bonds. The van der Waals surface area contributed by atoms with Gasteiger partial charge in [0.25, 0.3) is 0 Å². The lowest BCUT2D eigenvalue weighted by atomic mass is 11.5. The molecular weight excluding hydrogens is 200 g/mol. The smallest absolute Gasteiger partial charge is 0.194 e. The molecule has 0 bridgehead atoms. The second kappa shape index (κ2) is 3.73. The van der Waals surface area contributed by atoms with Gasteiger partial charge in [-0.3, -0.25) is 0 Å². The number of hydrogen-bond donors (Lipinski definition) is 0. The van der Waals surface area contributed by atoms with Gasteiger partial charge in [0, 0.05) is 0 Å². The van der Waals surface area contributed by atoms with Crippen molar-refractivity contribution in [3.05, 3.63) is 0 Å². The number of halogens is 5. The fourth-order valence-corrected chi connectivity index (χ4v) is 0.200. The first-order valence-corrected chi connectivity index (χ1v) is 2.80. The van der Waals surface area contributed by atoms with Crippen LogP contribution >= 0.6 is 34.8 Å². The fourth-order valence-electron chi connectivity index (χ4n) is 0.0909. The Morgan fingerprint density at radius 1 is 1.44 bits per heavy atom. The Balaban J connectivity index is 3.28. The van der Waals surface area contributed by atoms with Gasteiger partial charge in [-0.1, -0.05) is 11.6 Å². The maximum absolute atomic E-state index is 11.7. The Morgan fingerprint density at radius 2 is 1.89 bits per heavy atom. The van der Waals surface area contributed by atoms with Crippen molar-refractivity contribution in [2.24, 2.45) is 0 Å². The zero-order chi connectivity index (χ0) is 7.49. The van der Waals surface area contributed by atoms with Crippen molar-refractivity contribution in [2.75, 3.05) is 0 Å². The summed E-state index contributed by atoms with van der Waals surface area (Å²) in [5, 5.41) is 0. The molecule has 0 aromatic carbocycles. The minimum Gasteiger partial charge on any atom is -0.194 e. The molecule has 0 aliphatic heterocycles. The summed E-state index contributed by atoms with van der Waals surface area (Å²) in [6.45, 7) is 0. The van der Waals surface area contributed by atoms with Crippen LogP contribution in [0.5, 0.6) is 0 Å². The van der Waals surface area contributed by atoms with Gasteiger partial charge in [-0.05, 0) is 23.2 Å². The van der Waals surface area contributed by atoms with E-state index in [9.17, 15) is 8.78 Å². The maximum atomic E-state index is 11.7. The molecule has 56 valence electrons. The Labute approximate surface area is 64.5 Å². The van der Waals surface area contributed by atoms with Crippen molar-refractivity contribution in [3.8, 4) is 0 Å². The molecule has 0 N–H and O–H groups in total. The highest BCUT2D eigenvalue weighted by molar-refractivity contribution is 6.45. The fraction of sp³-hybridized carbons (Fsp3) is 1.00. The summed E-state index contributed by atoms with van der Waals surface area (Å²) in [7, 11) is 0. The van der Waals surface area contributed by atoms with Gasteiger partial charge in [0.2, 0.25) is 0 Å². The van der Waals surface area contributed by atoms with E-state index in [2.05, 4.69) is 44.6 Å². The van der Waals surface area contributed by atoms with Gasteiger partial charge >= 0.3 is 10.6 Å². The van der Waals surface area contributed by atoms with E-state index in [-0.39, 0.29) is 0 Å². The van der Waals surface area contributed by atoms with E-state index in [1.165, 1.54) is 0 Å². The van der Waals surface area contributed by atoms with Crippen molar-refractivity contribution in [1.29, 1.82) is 0 Å². The average molecular weight is 201 g/mol. The highest BCUT2D eigenvalue weighted by atomic mass is 35.5. The monoisotopic (exact) mass is 200 g/mol. The van der Waals surface area contributed by atoms with Gasteiger partial charge in [0.15, 0.2) is 0 Å². The van der Waals surface area contributed by atoms with Gasteiger partial charge < -0.3 is 0 Å². The molecule has 0 saturated heterocycles. The Hall–Kier alpha value is 0.650. The molecule has 0 aromatic rings. The van der Waals surface area contributed by atoms with Crippen LogP contribution < -0.4 is 0 Å². The summed E-state index contributed by atoms with van der Waals surface area (Å²) < 4.78 is 20.0. The summed E-state index contributed by atoms with van der Waals surface area (Å²) >= 11 is 13.5. The topological polar surface area (TPSA) is 18.5 Å². The van der Waals surface area contributed by atoms with Gasteiger partial charge in [-0.2, -0.15) is 18.6 Å². The molecule has 0 aromatic heterocycles. The van der Waals surface area contributed by atoms with E-state index < -0.39 is 10.6 Å². The van der Waals surface area contributed by atoms with Crippen LogP contribution in [0.25, 0.3) is 0 Å². The first kappa shape index (κ1) is 9.65. The normalized spacial score (nSPS) is 15.7. The van der Waals surface area contributed by atoms with Crippen LogP contribution in [0.3, 0.4) is 0 Å². The highest BCUT2D eigenvalue weighted by Gasteiger charge is 2.26. The largest absolute Gasteiger partial charge is 0.393 e. The summed E-state index contributed by atoms with van der Waals surface area (Å²) in [5.41, 5.74) is 0. The molecule has 2 nitrogen and oxygen atoms in total. The second-order valence-electron chi connectivity index (χ2n) is 0.886. The van der Waals surface area contributed by atoms with Gasteiger partial charge in [0.05, 0.1) is 0 Å². The first-order chi connectivity index (χ1) is 3.92. The molecule has 0 aliphatic carbocycles. The Morgan fingerprint density at radius 3 is 2.00 bits per heavy atom. The molecule has 0 saturated carbocycles. The quantitative estimate of drug-likeness (QED) is 0.397. The summed E-state index contributed by atoms with van der Waals surface area (Å²) in [4.78, 5) is 6.71. The van der Waals surface area contributed by atoms with Crippen LogP contribution in [-0.2, 0) is 9.78 Å². The van der Waals surface area contributed by atoms with Crippen molar-refractivity contribution in [3.63, 3.8) is 0 Å². The number of alkyl halides is 5. The molecule has 9 heavy (non-hydrogen) atoms. The predicted octanol–water partition coefficient (Wildman–Crippen LogP) is 2.48. The lowest BCUT2D eigenvalue weighted by molar-refractivity contribution is -0.372. The maximum Gasteiger partial charge on any atom is 0.393 e. The lowest BCUT2D eigenvalue weighted by Gasteiger charge is -2.07. The number of rotatable bonds is 3. The van der Waals surface area contributed by atoms with E-state index >= 15 is 0 Å². The first-order valence-electron chi connectivity index (χ1n) is 1.61. The molecule has 0 rings (SSSR count). The summed E-state index contributed by atoms with van der Waals surface area (Å²) in [6.07, 6.45) is 0. The van der Waals surface area contributed by atoms with E-state index in [1.54, 1.807) is 0 Å². The third-order valence-corrected chi connectivity index (χ3v) is 0.414. The minimum absolute atomic E-state index is 2.29. The van der Waals surface area contributed by atoms with Crippen LogP contribution in [0.15, 0.2) is 0 Å². The molecule has 0 spiro atoms. The zero-order valence-electron chi connectivity index (χ0n) is 3.78. The van der Waals surface area contributed by atoms with E-state index in [4.69, 9.17) is 0 Å². The van der Waals surface area contributed by atoms with Crippen LogP contribution in [-0.4, -0.2) is 10.6 Å². The zero-order valence-corrected chi connectivity index (χ0v) is 6.05. The molecule has 0 fully saturated rings. The standard InChI is InChI=1S/C2HCl3F2O2/c3-1(6)8-9-2(4,5)7/h1H.